The highest BCUT2D eigenvalue weighted by Crippen LogP contribution is 2.32. The Morgan fingerprint density at radius 1 is 1.25 bits per heavy atom. The standard InChI is InChI=1S/C12H10ClNOS/c13-9-5-1-3-8-4-2-6-10(12(8)9)16-7-11(14)15/h1-6H,7H2,(H2,14,15). The van der Waals surface area contributed by atoms with E-state index in [0.29, 0.717) is 5.02 Å². The first-order valence-corrected chi connectivity index (χ1v) is 6.13. The molecule has 0 bridgehead atoms. The number of hydrogen-bond acceptors (Lipinski definition) is 2. The molecule has 0 atom stereocenters. The van der Waals surface area contributed by atoms with Crippen molar-refractivity contribution < 1.29 is 4.79 Å². The van der Waals surface area contributed by atoms with Crippen molar-refractivity contribution in [2.24, 2.45) is 5.73 Å². The Balaban J connectivity index is 2.48. The highest BCUT2D eigenvalue weighted by atomic mass is 35.5. The molecule has 0 aliphatic rings. The van der Waals surface area contributed by atoms with E-state index in [4.69, 9.17) is 17.3 Å². The van der Waals surface area contributed by atoms with Crippen LogP contribution in [0.5, 0.6) is 0 Å². The second-order valence-electron chi connectivity index (χ2n) is 3.35. The summed E-state index contributed by atoms with van der Waals surface area (Å²) < 4.78 is 0. The third kappa shape index (κ3) is 2.31. The lowest BCUT2D eigenvalue weighted by Crippen LogP contribution is -2.12. The van der Waals surface area contributed by atoms with Crippen molar-refractivity contribution in [3.8, 4) is 0 Å². The molecule has 0 fully saturated rings. The van der Waals surface area contributed by atoms with Gasteiger partial charge in [-0.05, 0) is 17.5 Å². The van der Waals surface area contributed by atoms with Crippen LogP contribution >= 0.6 is 23.4 Å². The number of carbonyl (C=O) groups is 1. The van der Waals surface area contributed by atoms with Crippen molar-refractivity contribution in [3.05, 3.63) is 41.4 Å². The van der Waals surface area contributed by atoms with E-state index >= 15 is 0 Å². The summed E-state index contributed by atoms with van der Waals surface area (Å²) >= 11 is 7.56. The number of thioether (sulfide) groups is 1. The molecule has 0 spiro atoms. The largest absolute Gasteiger partial charge is 0.369 e. The zero-order valence-electron chi connectivity index (χ0n) is 8.44. The smallest absolute Gasteiger partial charge is 0.227 e. The molecule has 0 radical (unpaired) electrons. The van der Waals surface area contributed by atoms with Gasteiger partial charge in [0.2, 0.25) is 5.91 Å². The fraction of sp³-hybridized carbons (Fsp3) is 0.0833. The average molecular weight is 252 g/mol. The number of nitrogens with two attached hydrogens (primary N) is 1. The van der Waals surface area contributed by atoms with Crippen LogP contribution in [-0.4, -0.2) is 11.7 Å². The van der Waals surface area contributed by atoms with Gasteiger partial charge in [-0.15, -0.1) is 11.8 Å². The van der Waals surface area contributed by atoms with E-state index in [-0.39, 0.29) is 11.7 Å². The lowest BCUT2D eigenvalue weighted by molar-refractivity contribution is -0.115. The second-order valence-corrected chi connectivity index (χ2v) is 4.77. The highest BCUT2D eigenvalue weighted by molar-refractivity contribution is 8.00. The predicted octanol–water partition coefficient (Wildman–Crippen LogP) is 3.07. The van der Waals surface area contributed by atoms with Crippen LogP contribution in [0.4, 0.5) is 0 Å². The molecule has 2 aromatic rings. The van der Waals surface area contributed by atoms with Crippen molar-refractivity contribution >= 4 is 40.0 Å². The minimum absolute atomic E-state index is 0.268. The molecule has 82 valence electrons. The molecule has 0 heterocycles. The van der Waals surface area contributed by atoms with Crippen molar-refractivity contribution in [1.82, 2.24) is 0 Å². The van der Waals surface area contributed by atoms with Crippen LogP contribution in [0.15, 0.2) is 41.3 Å². The Morgan fingerprint density at radius 3 is 2.62 bits per heavy atom. The van der Waals surface area contributed by atoms with Gasteiger partial charge in [0.25, 0.3) is 0 Å². The summed E-state index contributed by atoms with van der Waals surface area (Å²) in [5.41, 5.74) is 5.13. The maximum atomic E-state index is 10.8. The minimum Gasteiger partial charge on any atom is -0.369 e. The van der Waals surface area contributed by atoms with Crippen LogP contribution in [0.3, 0.4) is 0 Å². The van der Waals surface area contributed by atoms with E-state index in [2.05, 4.69) is 0 Å². The summed E-state index contributed by atoms with van der Waals surface area (Å²) in [6.07, 6.45) is 0. The Labute approximate surface area is 103 Å². The van der Waals surface area contributed by atoms with Gasteiger partial charge in [-0.3, -0.25) is 4.79 Å². The van der Waals surface area contributed by atoms with Crippen LogP contribution in [0.2, 0.25) is 5.02 Å². The molecular formula is C12H10ClNOS. The number of rotatable bonds is 3. The van der Waals surface area contributed by atoms with E-state index in [9.17, 15) is 4.79 Å². The molecule has 2 N–H and O–H groups in total. The molecule has 0 aliphatic carbocycles. The fourth-order valence-corrected chi connectivity index (χ4v) is 2.72. The average Bonchev–Trinajstić information content (AvgIpc) is 2.26. The third-order valence-corrected chi connectivity index (χ3v) is 3.58. The molecule has 0 saturated carbocycles. The van der Waals surface area contributed by atoms with Crippen molar-refractivity contribution in [2.75, 3.05) is 5.75 Å². The van der Waals surface area contributed by atoms with Crippen LogP contribution in [0.1, 0.15) is 0 Å². The number of benzene rings is 2. The molecular weight excluding hydrogens is 242 g/mol. The SMILES string of the molecule is NC(=O)CSc1cccc2cccc(Cl)c12. The van der Waals surface area contributed by atoms with Gasteiger partial charge in [-0.1, -0.05) is 35.9 Å². The Hall–Kier alpha value is -1.19. The van der Waals surface area contributed by atoms with Crippen LogP contribution in [0.25, 0.3) is 10.8 Å². The zero-order chi connectivity index (χ0) is 11.5. The molecule has 0 aliphatic heterocycles. The second kappa shape index (κ2) is 4.76. The maximum absolute atomic E-state index is 10.8. The molecule has 2 aromatic carbocycles. The minimum atomic E-state index is -0.325. The summed E-state index contributed by atoms with van der Waals surface area (Å²) in [6.45, 7) is 0. The van der Waals surface area contributed by atoms with Gasteiger partial charge in [0.15, 0.2) is 0 Å². The van der Waals surface area contributed by atoms with Gasteiger partial charge in [0.05, 0.1) is 5.75 Å². The topological polar surface area (TPSA) is 43.1 Å². The summed E-state index contributed by atoms with van der Waals surface area (Å²) in [4.78, 5) is 11.7. The first-order valence-electron chi connectivity index (χ1n) is 4.77. The molecule has 2 rings (SSSR count). The number of carbonyl (C=O) groups excluding carboxylic acids is 1. The first kappa shape index (κ1) is 11.3. The molecule has 1 amide bonds. The summed E-state index contributed by atoms with van der Waals surface area (Å²) in [5, 5.41) is 2.75. The van der Waals surface area contributed by atoms with Gasteiger partial charge in [0.1, 0.15) is 0 Å². The number of primary amides is 1. The highest BCUT2D eigenvalue weighted by Gasteiger charge is 2.06. The number of hydrogen-bond donors (Lipinski definition) is 1. The lowest BCUT2D eigenvalue weighted by atomic mass is 10.1. The zero-order valence-corrected chi connectivity index (χ0v) is 10.0. The van der Waals surface area contributed by atoms with E-state index < -0.39 is 0 Å². The summed E-state index contributed by atoms with van der Waals surface area (Å²) in [7, 11) is 0. The Kier molecular flexibility index (Phi) is 3.36. The monoisotopic (exact) mass is 251 g/mol. The van der Waals surface area contributed by atoms with E-state index in [0.717, 1.165) is 15.7 Å². The number of amides is 1. The van der Waals surface area contributed by atoms with Crippen molar-refractivity contribution in [1.29, 1.82) is 0 Å². The molecule has 2 nitrogen and oxygen atoms in total. The number of halogens is 1. The van der Waals surface area contributed by atoms with E-state index in [1.807, 2.05) is 36.4 Å². The Bertz CT molecular complexity index is 536. The van der Waals surface area contributed by atoms with Crippen molar-refractivity contribution in [2.45, 2.75) is 4.90 Å². The fourth-order valence-electron chi connectivity index (χ4n) is 1.53. The van der Waals surface area contributed by atoms with E-state index in [1.54, 1.807) is 0 Å². The normalized spacial score (nSPS) is 10.6. The maximum Gasteiger partial charge on any atom is 0.227 e. The van der Waals surface area contributed by atoms with Crippen LogP contribution in [-0.2, 0) is 4.79 Å². The predicted molar refractivity (Wildman–Crippen MR) is 68.9 cm³/mol. The summed E-state index contributed by atoms with van der Waals surface area (Å²) in [5.74, 6) is -0.0568. The van der Waals surface area contributed by atoms with E-state index in [1.165, 1.54) is 11.8 Å². The van der Waals surface area contributed by atoms with Crippen molar-refractivity contribution in [3.63, 3.8) is 0 Å². The van der Waals surface area contributed by atoms with Gasteiger partial charge in [0, 0.05) is 15.3 Å². The van der Waals surface area contributed by atoms with Gasteiger partial charge < -0.3 is 5.73 Å². The molecule has 4 heteroatoms. The first-order chi connectivity index (χ1) is 7.68. The lowest BCUT2D eigenvalue weighted by Gasteiger charge is -2.06. The van der Waals surface area contributed by atoms with Gasteiger partial charge in [-0.25, -0.2) is 0 Å². The van der Waals surface area contributed by atoms with Crippen LogP contribution < -0.4 is 5.73 Å². The van der Waals surface area contributed by atoms with Gasteiger partial charge >= 0.3 is 0 Å². The molecule has 0 unspecified atom stereocenters. The van der Waals surface area contributed by atoms with Crippen LogP contribution in [0, 0.1) is 0 Å². The summed E-state index contributed by atoms with van der Waals surface area (Å²) in [6, 6.07) is 11.6. The molecule has 16 heavy (non-hydrogen) atoms. The molecule has 0 saturated heterocycles. The number of fused-ring (bicyclic) bond motifs is 1. The Morgan fingerprint density at radius 2 is 1.94 bits per heavy atom. The quantitative estimate of drug-likeness (QED) is 0.852. The third-order valence-electron chi connectivity index (χ3n) is 2.19. The van der Waals surface area contributed by atoms with Gasteiger partial charge in [-0.2, -0.15) is 0 Å². The molecule has 0 aromatic heterocycles.